The molecule has 0 aromatic heterocycles. The third-order valence-electron chi connectivity index (χ3n) is 13.3. The van der Waals surface area contributed by atoms with Gasteiger partial charge in [0.05, 0.1) is 56.2 Å². The highest BCUT2D eigenvalue weighted by Gasteiger charge is 2.65. The third-order valence-corrected chi connectivity index (χ3v) is 13.3. The van der Waals surface area contributed by atoms with Gasteiger partial charge in [0.15, 0.2) is 0 Å². The van der Waals surface area contributed by atoms with Gasteiger partial charge in [-0.1, -0.05) is 60.5 Å². The maximum absolute atomic E-state index is 14.8. The van der Waals surface area contributed by atoms with Crippen LogP contribution in [0.25, 0.3) is 0 Å². The molecule has 1 amide bonds. The monoisotopic (exact) mass is 956 g/mol. The summed E-state index contributed by atoms with van der Waals surface area (Å²) < 4.78 is 38.5. The van der Waals surface area contributed by atoms with Crippen LogP contribution in [0.1, 0.15) is 67.6 Å². The molecule has 1 saturated heterocycles. The number of unbranched alkanes of at least 4 members (excludes halogenated alkanes) is 2. The number of non-ortho nitro benzene ring substituents is 1. The predicted octanol–water partition coefficient (Wildman–Crippen LogP) is 6.79. The van der Waals surface area contributed by atoms with Gasteiger partial charge in [0.25, 0.3) is 5.69 Å². The minimum atomic E-state index is -1.55. The quantitative estimate of drug-likeness (QED) is 0.0207. The smallest absolute Gasteiger partial charge is 0.410 e. The molecule has 0 unspecified atom stereocenters. The van der Waals surface area contributed by atoms with E-state index in [0.29, 0.717) is 48.8 Å². The molecule has 6 atom stereocenters. The molecule has 2 aliphatic carbocycles. The van der Waals surface area contributed by atoms with Crippen molar-refractivity contribution in [3.8, 4) is 11.5 Å². The van der Waals surface area contributed by atoms with Gasteiger partial charge >= 0.3 is 6.09 Å². The van der Waals surface area contributed by atoms with Crippen molar-refractivity contribution in [2.24, 2.45) is 22.9 Å². The van der Waals surface area contributed by atoms with Gasteiger partial charge in [-0.25, -0.2) is 4.79 Å². The molecule has 2 fully saturated rings. The predicted molar refractivity (Wildman–Crippen MR) is 257 cm³/mol. The van der Waals surface area contributed by atoms with Crippen molar-refractivity contribution in [3.05, 3.63) is 124 Å². The maximum atomic E-state index is 14.8. The fourth-order valence-electron chi connectivity index (χ4n) is 9.96. The molecule has 17 nitrogen and oxygen atoms in total. The van der Waals surface area contributed by atoms with E-state index >= 15 is 0 Å². The van der Waals surface area contributed by atoms with Crippen LogP contribution in [-0.2, 0) is 37.0 Å². The molecule has 7 rings (SSSR count). The summed E-state index contributed by atoms with van der Waals surface area (Å²) in [5.74, 6) is -1.15. The van der Waals surface area contributed by atoms with E-state index in [1.807, 2.05) is 42.5 Å². The first kappa shape index (κ1) is 51.5. The lowest BCUT2D eigenvalue weighted by Gasteiger charge is -2.59. The number of nitrogens with zero attached hydrogens (tertiary/aromatic N) is 4. The first-order chi connectivity index (χ1) is 33.8. The summed E-state index contributed by atoms with van der Waals surface area (Å²) in [6.45, 7) is 8.04. The Balaban J connectivity index is 1.33. The third kappa shape index (κ3) is 13.5. The van der Waals surface area contributed by atoms with Gasteiger partial charge < -0.3 is 48.6 Å². The van der Waals surface area contributed by atoms with Gasteiger partial charge in [-0.15, -0.1) is 6.58 Å². The van der Waals surface area contributed by atoms with Crippen molar-refractivity contribution in [2.75, 3.05) is 85.6 Å². The molecule has 0 spiro atoms. The van der Waals surface area contributed by atoms with Crippen LogP contribution in [0, 0.1) is 27.9 Å². The first-order valence-electron chi connectivity index (χ1n) is 24.3. The summed E-state index contributed by atoms with van der Waals surface area (Å²) >= 11 is 0. The highest BCUT2D eigenvalue weighted by Crippen LogP contribution is 2.62. The first-order valence-corrected chi connectivity index (χ1v) is 24.3. The van der Waals surface area contributed by atoms with Crippen LogP contribution in [0.3, 0.4) is 0 Å². The van der Waals surface area contributed by atoms with E-state index in [9.17, 15) is 30.2 Å². The SMILES string of the molecule is C=CCO[C@@]12Oc3ccc(OCCN4CC4)cc3[C@H]3[C@H](CCCCO)[C@@H](CCCCO)C=C(C(=NOCc4ccc([N+](=O)[O-])cc4)C[C@@H]1N(CCOCCO)C(=O)OCCOCc1ccccc1)[C@H]32. The van der Waals surface area contributed by atoms with E-state index < -0.39 is 28.8 Å². The number of aliphatic hydroxyl groups excluding tert-OH is 3. The number of allylic oxidation sites excluding steroid dienone is 1. The number of ether oxygens (including phenoxy) is 6. The van der Waals surface area contributed by atoms with Crippen LogP contribution in [0.5, 0.6) is 11.5 Å². The Kier molecular flexibility index (Phi) is 19.4. The van der Waals surface area contributed by atoms with Crippen LogP contribution in [0.2, 0.25) is 0 Å². The van der Waals surface area contributed by atoms with Crippen molar-refractivity contribution in [2.45, 2.75) is 75.9 Å². The van der Waals surface area contributed by atoms with Crippen molar-refractivity contribution in [1.82, 2.24) is 9.80 Å². The highest BCUT2D eigenvalue weighted by molar-refractivity contribution is 6.03. The molecule has 3 N–H and O–H groups in total. The number of carbonyl (C=O) groups excluding carboxylic acids is 1. The molecule has 69 heavy (non-hydrogen) atoms. The Bertz CT molecular complexity index is 2170. The number of fused-ring (bicyclic) bond motifs is 2. The van der Waals surface area contributed by atoms with Crippen molar-refractivity contribution < 1.29 is 58.3 Å². The number of nitro benzene ring substituents is 1. The second-order valence-corrected chi connectivity index (χ2v) is 17.8. The van der Waals surface area contributed by atoms with Gasteiger partial charge in [0.2, 0.25) is 5.79 Å². The lowest BCUT2D eigenvalue weighted by molar-refractivity contribution is -0.384. The van der Waals surface area contributed by atoms with Crippen LogP contribution in [0.15, 0.2) is 102 Å². The van der Waals surface area contributed by atoms with E-state index in [-0.39, 0.29) is 95.9 Å². The van der Waals surface area contributed by atoms with E-state index in [2.05, 4.69) is 23.6 Å². The summed E-state index contributed by atoms with van der Waals surface area (Å²) in [6.07, 6.45) is 7.65. The molecule has 1 saturated carbocycles. The van der Waals surface area contributed by atoms with E-state index in [1.165, 1.54) is 12.1 Å². The molecular formula is C52H68N4O13. The Labute approximate surface area is 404 Å². The summed E-state index contributed by atoms with van der Waals surface area (Å²) in [5.41, 5.74) is 3.95. The molecule has 0 bridgehead atoms. The fourth-order valence-corrected chi connectivity index (χ4v) is 9.96. The van der Waals surface area contributed by atoms with E-state index in [4.69, 9.17) is 38.4 Å². The van der Waals surface area contributed by atoms with Gasteiger partial charge in [0.1, 0.15) is 37.4 Å². The lowest BCUT2D eigenvalue weighted by atomic mass is 9.55. The minimum absolute atomic E-state index is 0.00190. The van der Waals surface area contributed by atoms with Crippen LogP contribution in [-0.4, -0.2) is 139 Å². The molecule has 374 valence electrons. The Hall–Kier alpha value is -5.40. The minimum Gasteiger partial charge on any atom is -0.492 e. The number of amides is 1. The molecule has 2 aliphatic heterocycles. The van der Waals surface area contributed by atoms with Gasteiger partial charge in [-0.3, -0.25) is 19.9 Å². The van der Waals surface area contributed by atoms with Crippen LogP contribution in [0.4, 0.5) is 10.5 Å². The largest absolute Gasteiger partial charge is 0.492 e. The number of aliphatic hydroxyl groups is 3. The second kappa shape index (κ2) is 26.0. The summed E-state index contributed by atoms with van der Waals surface area (Å²) in [4.78, 5) is 35.7. The summed E-state index contributed by atoms with van der Waals surface area (Å²) in [7, 11) is 0. The number of oxime groups is 1. The zero-order valence-electron chi connectivity index (χ0n) is 39.4. The molecule has 0 radical (unpaired) electrons. The Morgan fingerprint density at radius 3 is 2.39 bits per heavy atom. The topological polar surface area (TPSA) is 204 Å². The second-order valence-electron chi connectivity index (χ2n) is 17.8. The van der Waals surface area contributed by atoms with E-state index in [0.717, 1.165) is 62.0 Å². The lowest BCUT2D eigenvalue weighted by Crippen LogP contribution is -2.70. The number of hydrogen-bond acceptors (Lipinski definition) is 15. The number of benzene rings is 3. The number of carbonyl (C=O) groups is 1. The van der Waals surface area contributed by atoms with Gasteiger partial charge in [-0.2, -0.15) is 0 Å². The molecular weight excluding hydrogens is 889 g/mol. The van der Waals surface area contributed by atoms with Crippen molar-refractivity contribution in [1.29, 1.82) is 0 Å². The normalized spacial score (nSPS) is 23.0. The Morgan fingerprint density at radius 2 is 1.67 bits per heavy atom. The van der Waals surface area contributed by atoms with Crippen molar-refractivity contribution >= 4 is 17.5 Å². The van der Waals surface area contributed by atoms with E-state index in [1.54, 1.807) is 23.1 Å². The average Bonchev–Trinajstić information content (AvgIpc) is 4.20. The highest BCUT2D eigenvalue weighted by atomic mass is 16.7. The van der Waals surface area contributed by atoms with Crippen molar-refractivity contribution in [3.63, 3.8) is 0 Å². The van der Waals surface area contributed by atoms with Gasteiger partial charge in [0, 0.05) is 69.4 Å². The fraction of sp³-hybridized carbons (Fsp3) is 0.538. The summed E-state index contributed by atoms with van der Waals surface area (Å²) in [5, 5.41) is 45.9. The van der Waals surface area contributed by atoms with Crippen LogP contribution < -0.4 is 9.47 Å². The van der Waals surface area contributed by atoms with Gasteiger partial charge in [-0.05, 0) is 84.6 Å². The number of nitro groups is 1. The average molecular weight is 957 g/mol. The number of hydrogen-bond donors (Lipinski definition) is 3. The standard InChI is InChI=1S/C52H68N4O13/c1-2-27-67-52-48(55(23-28-63-30-26-59)51(60)66-32-31-64-36-38-10-4-3-5-11-38)35-46(53-68-37-39-14-16-41(17-15-39)56(61)62)44-33-40(12-6-8-24-57)43(13-7-9-25-58)49(50(44)52)45-34-42(18-19-47(45)69-52)65-29-22-54-20-21-54/h2-5,10-11,14-19,33-34,40,43,48-50,57-59H,1,6-9,12-13,20-32,35-37H2/t40-,43+,48-,49+,50+,52+/m0/s1. The zero-order chi connectivity index (χ0) is 48.4. The van der Waals surface area contributed by atoms with Crippen LogP contribution >= 0.6 is 0 Å². The molecule has 4 aliphatic rings. The summed E-state index contributed by atoms with van der Waals surface area (Å²) in [6, 6.07) is 20.8. The zero-order valence-corrected chi connectivity index (χ0v) is 39.4. The molecule has 2 heterocycles. The molecule has 3 aromatic rings. The Morgan fingerprint density at radius 1 is 0.899 bits per heavy atom. The molecule has 17 heteroatoms. The maximum Gasteiger partial charge on any atom is 0.410 e. The molecule has 3 aromatic carbocycles. The number of rotatable bonds is 30.